The first-order valence-corrected chi connectivity index (χ1v) is 4.96. The summed E-state index contributed by atoms with van der Waals surface area (Å²) in [6, 6.07) is -1.75. The summed E-state index contributed by atoms with van der Waals surface area (Å²) in [6.07, 6.45) is 1.62. The zero-order chi connectivity index (χ0) is 12.4. The number of hydrogen-bond acceptors (Lipinski definition) is 6. The Bertz CT molecular complexity index is 452. The number of nitrogens with one attached hydrogen (secondary N) is 1. The van der Waals surface area contributed by atoms with Crippen LogP contribution in [-0.4, -0.2) is 58.7 Å². The van der Waals surface area contributed by atoms with Gasteiger partial charge in [-0.25, -0.2) is 14.8 Å². The molecule has 3 N–H and O–H groups in total. The van der Waals surface area contributed by atoms with Crippen molar-refractivity contribution in [2.45, 2.75) is 25.1 Å². The Hall–Kier alpha value is -2.09. The van der Waals surface area contributed by atoms with Crippen molar-refractivity contribution < 1.29 is 15.0 Å². The molecule has 0 aromatic carbocycles. The van der Waals surface area contributed by atoms with Crippen LogP contribution < -0.4 is 5.32 Å². The van der Waals surface area contributed by atoms with E-state index < -0.39 is 24.2 Å². The van der Waals surface area contributed by atoms with Gasteiger partial charge >= 0.3 is 5.97 Å². The predicted octanol–water partition coefficient (Wildman–Crippen LogP) is -1.34. The maximum Gasteiger partial charge on any atom is 0.331 e. The normalized spacial score (nSPS) is 27.3. The highest BCUT2D eigenvalue weighted by atomic mass is 16.4. The van der Waals surface area contributed by atoms with E-state index in [2.05, 4.69) is 25.3 Å². The van der Waals surface area contributed by atoms with E-state index in [1.807, 2.05) is 0 Å². The van der Waals surface area contributed by atoms with Gasteiger partial charge in [0.2, 0.25) is 0 Å². The summed E-state index contributed by atoms with van der Waals surface area (Å²) >= 11 is 0. The fraction of sp³-hybridized carbons (Fsp3) is 0.444. The van der Waals surface area contributed by atoms with E-state index in [9.17, 15) is 9.90 Å². The first kappa shape index (κ1) is 11.4. The molecule has 2 rings (SSSR count). The molecule has 0 aromatic rings. The summed E-state index contributed by atoms with van der Waals surface area (Å²) in [5.41, 5.74) is 0. The zero-order valence-corrected chi connectivity index (χ0v) is 8.98. The quantitative estimate of drug-likeness (QED) is 0.562. The number of hydrogen-bond donors (Lipinski definition) is 3. The van der Waals surface area contributed by atoms with Crippen LogP contribution in [0.3, 0.4) is 0 Å². The van der Waals surface area contributed by atoms with Gasteiger partial charge < -0.3 is 15.5 Å². The van der Waals surface area contributed by atoms with Crippen molar-refractivity contribution in [2.24, 2.45) is 20.0 Å². The van der Waals surface area contributed by atoms with Crippen molar-refractivity contribution in [3.05, 3.63) is 0 Å². The van der Waals surface area contributed by atoms with Crippen molar-refractivity contribution in [1.82, 2.24) is 5.32 Å². The molecular formula is C9H11N5O3. The maximum atomic E-state index is 10.9. The van der Waals surface area contributed by atoms with E-state index in [0.717, 1.165) is 0 Å². The lowest BCUT2D eigenvalue weighted by Crippen LogP contribution is -2.42. The van der Waals surface area contributed by atoms with Crippen LogP contribution in [0.2, 0.25) is 0 Å². The van der Waals surface area contributed by atoms with E-state index in [1.165, 1.54) is 19.6 Å². The molecule has 90 valence electrons. The molecule has 17 heavy (non-hydrogen) atoms. The van der Waals surface area contributed by atoms with Gasteiger partial charge in [-0.15, -0.1) is 0 Å². The van der Waals surface area contributed by atoms with Gasteiger partial charge in [-0.3, -0.25) is 9.98 Å². The summed E-state index contributed by atoms with van der Waals surface area (Å²) in [4.78, 5) is 26.7. The molecule has 2 heterocycles. The summed E-state index contributed by atoms with van der Waals surface area (Å²) < 4.78 is 0. The smallest absolute Gasteiger partial charge is 0.331 e. The van der Waals surface area contributed by atoms with E-state index in [4.69, 9.17) is 5.11 Å². The van der Waals surface area contributed by atoms with Crippen LogP contribution in [0.1, 0.15) is 6.92 Å². The molecule has 0 radical (unpaired) electrons. The number of carbonyl (C=O) groups is 1. The van der Waals surface area contributed by atoms with Crippen LogP contribution >= 0.6 is 0 Å². The number of aliphatic hydroxyl groups excluding tert-OH is 1. The van der Waals surface area contributed by atoms with Gasteiger partial charge in [-0.2, -0.15) is 0 Å². The van der Waals surface area contributed by atoms with Crippen LogP contribution in [0.15, 0.2) is 20.0 Å². The molecule has 0 amide bonds. The lowest BCUT2D eigenvalue weighted by molar-refractivity contribution is -0.140. The van der Waals surface area contributed by atoms with Gasteiger partial charge in [-0.05, 0) is 6.92 Å². The van der Waals surface area contributed by atoms with Crippen molar-refractivity contribution >= 4 is 30.3 Å². The van der Waals surface area contributed by atoms with Gasteiger partial charge in [-0.1, -0.05) is 0 Å². The number of aliphatic hydroxyl groups is 1. The Kier molecular flexibility index (Phi) is 2.96. The van der Waals surface area contributed by atoms with E-state index in [-0.39, 0.29) is 5.84 Å². The molecule has 2 aliphatic rings. The lowest BCUT2D eigenvalue weighted by atomic mass is 10.1. The average molecular weight is 237 g/mol. The molecule has 0 spiro atoms. The van der Waals surface area contributed by atoms with Gasteiger partial charge in [0.1, 0.15) is 12.2 Å². The van der Waals surface area contributed by atoms with Gasteiger partial charge in [0.15, 0.2) is 17.9 Å². The molecule has 3 atom stereocenters. The second kappa shape index (κ2) is 4.42. The largest absolute Gasteiger partial charge is 0.480 e. The molecule has 8 heteroatoms. The Morgan fingerprint density at radius 3 is 3.06 bits per heavy atom. The fourth-order valence-corrected chi connectivity index (χ4v) is 1.46. The SMILES string of the molecule is CC(O)C(N=C1N=CNC2=NC=NC12)C(=O)O. The lowest BCUT2D eigenvalue weighted by Gasteiger charge is -2.17. The predicted molar refractivity (Wildman–Crippen MR) is 61.9 cm³/mol. The van der Waals surface area contributed by atoms with Gasteiger partial charge in [0.05, 0.1) is 12.4 Å². The highest BCUT2D eigenvalue weighted by molar-refractivity contribution is 6.21. The molecule has 0 aliphatic carbocycles. The highest BCUT2D eigenvalue weighted by Gasteiger charge is 2.30. The number of rotatable bonds is 3. The number of carboxylic acids is 1. The summed E-state index contributed by atoms with van der Waals surface area (Å²) in [6.45, 7) is 1.36. The Labute approximate surface area is 96.5 Å². The van der Waals surface area contributed by atoms with E-state index >= 15 is 0 Å². The third kappa shape index (κ3) is 2.21. The molecular weight excluding hydrogens is 226 g/mol. The number of nitrogens with zero attached hydrogens (tertiary/aromatic N) is 4. The third-order valence-corrected chi connectivity index (χ3v) is 2.31. The summed E-state index contributed by atoms with van der Waals surface area (Å²) in [5, 5.41) is 21.0. The Balaban J connectivity index is 2.29. The first-order chi connectivity index (χ1) is 8.09. The first-order valence-electron chi connectivity index (χ1n) is 4.96. The van der Waals surface area contributed by atoms with Crippen molar-refractivity contribution in [1.29, 1.82) is 0 Å². The van der Waals surface area contributed by atoms with Crippen molar-refractivity contribution in [3.63, 3.8) is 0 Å². The van der Waals surface area contributed by atoms with Crippen LogP contribution in [0.5, 0.6) is 0 Å². The average Bonchev–Trinajstić information content (AvgIpc) is 2.73. The Morgan fingerprint density at radius 2 is 2.41 bits per heavy atom. The number of aliphatic imine (C=N–C) groups is 4. The highest BCUT2D eigenvalue weighted by Crippen LogP contribution is 2.10. The van der Waals surface area contributed by atoms with Crippen LogP contribution in [0.4, 0.5) is 0 Å². The van der Waals surface area contributed by atoms with Gasteiger partial charge in [0, 0.05) is 0 Å². The number of carboxylic acid groups (broad SMARTS) is 1. The van der Waals surface area contributed by atoms with Crippen molar-refractivity contribution in [3.8, 4) is 0 Å². The van der Waals surface area contributed by atoms with Crippen LogP contribution in [0, 0.1) is 0 Å². The minimum atomic E-state index is -1.25. The minimum absolute atomic E-state index is 0.226. The van der Waals surface area contributed by atoms with Gasteiger partial charge in [0.25, 0.3) is 0 Å². The standard InChI is InChI=1S/C9H11N5O3/c1-4(15)5(9(16)17)14-8-6-7(11-2-10-6)12-3-13-8/h2-6,15H,1H3,(H,16,17)(H,10,11,12,13,14). The molecule has 2 aliphatic heterocycles. The molecule has 0 fully saturated rings. The minimum Gasteiger partial charge on any atom is -0.480 e. The summed E-state index contributed by atoms with van der Waals surface area (Å²) in [7, 11) is 0. The number of fused-ring (bicyclic) bond motifs is 1. The van der Waals surface area contributed by atoms with E-state index in [1.54, 1.807) is 0 Å². The molecule has 8 nitrogen and oxygen atoms in total. The second-order valence-corrected chi connectivity index (χ2v) is 3.59. The molecule has 0 saturated heterocycles. The molecule has 0 bridgehead atoms. The molecule has 0 saturated carbocycles. The van der Waals surface area contributed by atoms with Crippen LogP contribution in [-0.2, 0) is 4.79 Å². The topological polar surface area (TPSA) is 119 Å². The van der Waals surface area contributed by atoms with Crippen molar-refractivity contribution in [2.75, 3.05) is 0 Å². The molecule has 3 unspecified atom stereocenters. The molecule has 0 aromatic heterocycles. The Morgan fingerprint density at radius 1 is 1.65 bits per heavy atom. The monoisotopic (exact) mass is 237 g/mol. The number of aliphatic carboxylic acids is 1. The van der Waals surface area contributed by atoms with Crippen LogP contribution in [0.25, 0.3) is 0 Å². The van der Waals surface area contributed by atoms with E-state index in [0.29, 0.717) is 5.84 Å². The number of amidine groups is 2. The summed E-state index contributed by atoms with van der Waals surface area (Å²) in [5.74, 6) is -0.431. The zero-order valence-electron chi connectivity index (χ0n) is 8.98. The fourth-order valence-electron chi connectivity index (χ4n) is 1.46. The third-order valence-electron chi connectivity index (χ3n) is 2.31. The maximum absolute atomic E-state index is 10.9. The second-order valence-electron chi connectivity index (χ2n) is 3.59.